The van der Waals surface area contributed by atoms with Crippen LogP contribution in [0.2, 0.25) is 15.1 Å². The molecule has 0 aromatic heterocycles. The Balaban J connectivity index is 2.67. The summed E-state index contributed by atoms with van der Waals surface area (Å²) in [6.45, 7) is 5.46. The van der Waals surface area contributed by atoms with Gasteiger partial charge in [0.25, 0.3) is 10.0 Å². The molecule has 0 saturated carbocycles. The Kier molecular flexibility index (Phi) is 5.63. The number of halogens is 3. The van der Waals surface area contributed by atoms with Gasteiger partial charge in [0.15, 0.2) is 0 Å². The number of hydrogen-bond acceptors (Lipinski definition) is 2. The molecule has 0 bridgehead atoms. The predicted octanol–water partition coefficient (Wildman–Crippen LogP) is 5.34. The van der Waals surface area contributed by atoms with E-state index in [1.54, 1.807) is 25.1 Å². The smallest absolute Gasteiger partial charge is 0.262 e. The minimum absolute atomic E-state index is 0.0621. The SMILES string of the molecule is C=CCN(c1cccc(Cl)c1C)S(=O)(=O)c1cc(Cl)ccc1Cl. The molecular weight excluding hydrogens is 377 g/mol. The molecule has 2 rings (SSSR count). The van der Waals surface area contributed by atoms with E-state index in [0.717, 1.165) is 0 Å². The summed E-state index contributed by atoms with van der Waals surface area (Å²) in [4.78, 5) is -0.0621. The van der Waals surface area contributed by atoms with Crippen LogP contribution in [0.1, 0.15) is 5.56 Å². The first kappa shape index (κ1) is 18.1. The molecule has 0 saturated heterocycles. The quantitative estimate of drug-likeness (QED) is 0.646. The summed E-state index contributed by atoms with van der Waals surface area (Å²) in [5.74, 6) is 0. The summed E-state index contributed by atoms with van der Waals surface area (Å²) in [5, 5.41) is 0.862. The molecule has 0 radical (unpaired) electrons. The molecule has 0 heterocycles. The van der Waals surface area contributed by atoms with Gasteiger partial charge in [-0.1, -0.05) is 46.9 Å². The zero-order valence-corrected chi connectivity index (χ0v) is 15.3. The second-order valence-corrected chi connectivity index (χ2v) is 7.87. The second kappa shape index (κ2) is 7.14. The summed E-state index contributed by atoms with van der Waals surface area (Å²) in [5.41, 5.74) is 1.12. The van der Waals surface area contributed by atoms with Crippen LogP contribution < -0.4 is 4.31 Å². The second-order valence-electron chi connectivity index (χ2n) is 4.78. The highest BCUT2D eigenvalue weighted by atomic mass is 35.5. The summed E-state index contributed by atoms with van der Waals surface area (Å²) >= 11 is 18.1. The Morgan fingerprint density at radius 2 is 1.83 bits per heavy atom. The predicted molar refractivity (Wildman–Crippen MR) is 97.4 cm³/mol. The maximum Gasteiger partial charge on any atom is 0.266 e. The van der Waals surface area contributed by atoms with Crippen LogP contribution in [0.15, 0.2) is 53.9 Å². The summed E-state index contributed by atoms with van der Waals surface area (Å²) in [6, 6.07) is 9.39. The number of sulfonamides is 1. The van der Waals surface area contributed by atoms with E-state index in [0.29, 0.717) is 16.3 Å². The van der Waals surface area contributed by atoms with Crippen molar-refractivity contribution in [2.45, 2.75) is 11.8 Å². The summed E-state index contributed by atoms with van der Waals surface area (Å²) in [7, 11) is -3.92. The van der Waals surface area contributed by atoms with Crippen LogP contribution in [0.3, 0.4) is 0 Å². The lowest BCUT2D eigenvalue weighted by Crippen LogP contribution is -2.32. The molecular formula is C16H14Cl3NO2S. The third-order valence-electron chi connectivity index (χ3n) is 3.26. The van der Waals surface area contributed by atoms with Gasteiger partial charge in [-0.15, -0.1) is 6.58 Å². The van der Waals surface area contributed by atoms with Crippen molar-refractivity contribution in [2.24, 2.45) is 0 Å². The van der Waals surface area contributed by atoms with Crippen molar-refractivity contribution in [3.05, 3.63) is 69.7 Å². The molecule has 23 heavy (non-hydrogen) atoms. The molecule has 0 N–H and O–H groups in total. The van der Waals surface area contributed by atoms with Gasteiger partial charge in [0.2, 0.25) is 0 Å². The molecule has 2 aromatic carbocycles. The Morgan fingerprint density at radius 3 is 2.48 bits per heavy atom. The fraction of sp³-hybridized carbons (Fsp3) is 0.125. The first-order valence-corrected chi connectivity index (χ1v) is 9.20. The van der Waals surface area contributed by atoms with Crippen molar-refractivity contribution in [1.82, 2.24) is 0 Å². The molecule has 0 fully saturated rings. The van der Waals surface area contributed by atoms with Crippen LogP contribution in [-0.4, -0.2) is 15.0 Å². The van der Waals surface area contributed by atoms with E-state index in [1.807, 2.05) is 0 Å². The first-order chi connectivity index (χ1) is 10.8. The van der Waals surface area contributed by atoms with E-state index >= 15 is 0 Å². The van der Waals surface area contributed by atoms with Crippen molar-refractivity contribution in [3.63, 3.8) is 0 Å². The number of nitrogens with zero attached hydrogens (tertiary/aromatic N) is 1. The molecule has 7 heteroatoms. The third-order valence-corrected chi connectivity index (χ3v) is 6.17. The van der Waals surface area contributed by atoms with E-state index in [1.165, 1.54) is 28.6 Å². The van der Waals surface area contributed by atoms with Gasteiger partial charge in [-0.2, -0.15) is 0 Å². The fourth-order valence-electron chi connectivity index (χ4n) is 2.10. The minimum Gasteiger partial charge on any atom is -0.262 e. The van der Waals surface area contributed by atoms with Gasteiger partial charge in [0, 0.05) is 10.0 Å². The van der Waals surface area contributed by atoms with Crippen molar-refractivity contribution < 1.29 is 8.42 Å². The highest BCUT2D eigenvalue weighted by molar-refractivity contribution is 7.93. The highest BCUT2D eigenvalue weighted by Crippen LogP contribution is 2.34. The van der Waals surface area contributed by atoms with Gasteiger partial charge in [-0.25, -0.2) is 8.42 Å². The van der Waals surface area contributed by atoms with Crippen LogP contribution >= 0.6 is 34.8 Å². The Morgan fingerprint density at radius 1 is 1.13 bits per heavy atom. The molecule has 0 aliphatic carbocycles. The number of hydrogen-bond donors (Lipinski definition) is 0. The van der Waals surface area contributed by atoms with E-state index in [9.17, 15) is 8.42 Å². The van der Waals surface area contributed by atoms with Crippen LogP contribution in [0.4, 0.5) is 5.69 Å². The maximum atomic E-state index is 13.1. The van der Waals surface area contributed by atoms with Gasteiger partial charge in [0.1, 0.15) is 4.90 Å². The van der Waals surface area contributed by atoms with Crippen molar-refractivity contribution in [2.75, 3.05) is 10.8 Å². The number of rotatable bonds is 5. The van der Waals surface area contributed by atoms with Gasteiger partial charge >= 0.3 is 0 Å². The van der Waals surface area contributed by atoms with Gasteiger partial charge in [-0.05, 0) is 42.8 Å². The summed E-state index contributed by atoms with van der Waals surface area (Å²) in [6.07, 6.45) is 1.50. The Bertz CT molecular complexity index is 850. The lowest BCUT2D eigenvalue weighted by molar-refractivity contribution is 0.593. The average Bonchev–Trinajstić information content (AvgIpc) is 2.50. The Hall–Kier alpha value is -1.20. The van der Waals surface area contributed by atoms with Crippen molar-refractivity contribution in [3.8, 4) is 0 Å². The first-order valence-electron chi connectivity index (χ1n) is 6.63. The monoisotopic (exact) mass is 389 g/mol. The van der Waals surface area contributed by atoms with Gasteiger partial charge in [0.05, 0.1) is 17.3 Å². The van der Waals surface area contributed by atoms with Crippen LogP contribution in [0.5, 0.6) is 0 Å². The lowest BCUT2D eigenvalue weighted by atomic mass is 10.2. The van der Waals surface area contributed by atoms with E-state index < -0.39 is 10.0 Å². The topological polar surface area (TPSA) is 37.4 Å². The molecule has 0 amide bonds. The largest absolute Gasteiger partial charge is 0.266 e. The van der Waals surface area contributed by atoms with Crippen LogP contribution in [0, 0.1) is 6.92 Å². The molecule has 0 spiro atoms. The molecule has 0 aliphatic heterocycles. The molecule has 2 aromatic rings. The average molecular weight is 391 g/mol. The summed E-state index contributed by atoms with van der Waals surface area (Å²) < 4.78 is 27.3. The molecule has 0 unspecified atom stereocenters. The molecule has 0 aliphatic rings. The minimum atomic E-state index is -3.92. The molecule has 122 valence electrons. The third kappa shape index (κ3) is 3.66. The fourth-order valence-corrected chi connectivity index (χ4v) is 4.51. The van der Waals surface area contributed by atoms with Gasteiger partial charge < -0.3 is 0 Å². The zero-order chi connectivity index (χ0) is 17.2. The standard InChI is InChI=1S/C16H14Cl3NO2S/c1-3-9-20(15-6-4-5-13(18)11(15)2)23(21,22)16-10-12(17)7-8-14(16)19/h3-8,10H,1,9H2,2H3. The van der Waals surface area contributed by atoms with Crippen LogP contribution in [-0.2, 0) is 10.0 Å². The number of anilines is 1. The molecule has 0 atom stereocenters. The Labute approximate surface area is 151 Å². The zero-order valence-electron chi connectivity index (χ0n) is 12.3. The number of benzene rings is 2. The van der Waals surface area contributed by atoms with Gasteiger partial charge in [-0.3, -0.25) is 4.31 Å². The normalized spacial score (nSPS) is 11.3. The lowest BCUT2D eigenvalue weighted by Gasteiger charge is -2.25. The van der Waals surface area contributed by atoms with E-state index in [4.69, 9.17) is 34.8 Å². The molecule has 3 nitrogen and oxygen atoms in total. The van der Waals surface area contributed by atoms with E-state index in [2.05, 4.69) is 6.58 Å². The van der Waals surface area contributed by atoms with Crippen molar-refractivity contribution >= 4 is 50.5 Å². The van der Waals surface area contributed by atoms with Crippen molar-refractivity contribution in [1.29, 1.82) is 0 Å². The highest BCUT2D eigenvalue weighted by Gasteiger charge is 2.28. The van der Waals surface area contributed by atoms with Crippen LogP contribution in [0.25, 0.3) is 0 Å². The maximum absolute atomic E-state index is 13.1. The van der Waals surface area contributed by atoms with E-state index in [-0.39, 0.29) is 21.5 Å².